The Labute approximate surface area is 111 Å². The number of nitrogens with one attached hydrogen (secondary N) is 2. The number of halogens is 1. The lowest BCUT2D eigenvalue weighted by Gasteiger charge is -2.12. The van der Waals surface area contributed by atoms with Crippen molar-refractivity contribution in [2.45, 2.75) is 0 Å². The van der Waals surface area contributed by atoms with Gasteiger partial charge in [-0.25, -0.2) is 4.79 Å². The normalized spacial score (nSPS) is 9.72. The molecule has 0 aliphatic heterocycles. The Kier molecular flexibility index (Phi) is 5.45. The first-order valence-electron chi connectivity index (χ1n) is 5.50. The van der Waals surface area contributed by atoms with Crippen LogP contribution in [0.2, 0.25) is 5.02 Å². The number of benzene rings is 1. The molecule has 0 atom stereocenters. The van der Waals surface area contributed by atoms with Gasteiger partial charge in [0, 0.05) is 27.2 Å². The van der Waals surface area contributed by atoms with Crippen LogP contribution in [0.25, 0.3) is 0 Å². The first-order valence-corrected chi connectivity index (χ1v) is 5.88. The van der Waals surface area contributed by atoms with Gasteiger partial charge in [-0.2, -0.15) is 0 Å². The molecule has 2 N–H and O–H groups in total. The molecular weight excluding hydrogens is 254 g/mol. The molecule has 6 heteroatoms. The lowest BCUT2D eigenvalue weighted by molar-refractivity contribution is 0.0954. The highest BCUT2D eigenvalue weighted by Gasteiger charge is 2.08. The third kappa shape index (κ3) is 4.25. The van der Waals surface area contributed by atoms with Gasteiger partial charge in [0.15, 0.2) is 0 Å². The Bertz CT molecular complexity index is 435. The number of amides is 3. The van der Waals surface area contributed by atoms with Crippen LogP contribution in [-0.4, -0.2) is 44.0 Å². The van der Waals surface area contributed by atoms with Crippen LogP contribution in [0, 0.1) is 0 Å². The highest BCUT2D eigenvalue weighted by atomic mass is 35.5. The molecule has 18 heavy (non-hydrogen) atoms. The number of carbonyl (C=O) groups is 2. The number of nitrogens with zero attached hydrogens (tertiary/aromatic N) is 1. The van der Waals surface area contributed by atoms with E-state index in [1.54, 1.807) is 38.4 Å². The molecule has 0 bridgehead atoms. The Morgan fingerprint density at radius 1 is 1.17 bits per heavy atom. The fourth-order valence-corrected chi connectivity index (χ4v) is 1.47. The van der Waals surface area contributed by atoms with Crippen molar-refractivity contribution >= 4 is 23.5 Å². The second kappa shape index (κ2) is 6.86. The van der Waals surface area contributed by atoms with Crippen molar-refractivity contribution < 1.29 is 9.59 Å². The molecule has 3 amide bonds. The Hall–Kier alpha value is -1.75. The van der Waals surface area contributed by atoms with Gasteiger partial charge in [0.25, 0.3) is 5.91 Å². The minimum absolute atomic E-state index is 0.193. The number of rotatable bonds is 4. The number of hydrogen-bond acceptors (Lipinski definition) is 2. The summed E-state index contributed by atoms with van der Waals surface area (Å²) in [6, 6.07) is 6.62. The van der Waals surface area contributed by atoms with Crippen molar-refractivity contribution in [3.8, 4) is 0 Å². The van der Waals surface area contributed by atoms with Crippen molar-refractivity contribution in [2.24, 2.45) is 0 Å². The maximum Gasteiger partial charge on any atom is 0.316 e. The second-order valence-electron chi connectivity index (χ2n) is 3.86. The largest absolute Gasteiger partial charge is 0.350 e. The first kappa shape index (κ1) is 14.3. The van der Waals surface area contributed by atoms with E-state index in [1.807, 2.05) is 0 Å². The molecule has 5 nitrogen and oxygen atoms in total. The van der Waals surface area contributed by atoms with Crippen molar-refractivity contribution in [1.29, 1.82) is 0 Å². The summed E-state index contributed by atoms with van der Waals surface area (Å²) < 4.78 is 0. The van der Waals surface area contributed by atoms with E-state index in [1.165, 1.54) is 4.90 Å². The Morgan fingerprint density at radius 2 is 1.78 bits per heavy atom. The van der Waals surface area contributed by atoms with Crippen LogP contribution in [0.3, 0.4) is 0 Å². The molecule has 1 aromatic carbocycles. The molecule has 1 aromatic rings. The van der Waals surface area contributed by atoms with E-state index in [9.17, 15) is 9.59 Å². The average Bonchev–Trinajstić information content (AvgIpc) is 2.34. The van der Waals surface area contributed by atoms with E-state index in [2.05, 4.69) is 10.6 Å². The van der Waals surface area contributed by atoms with Gasteiger partial charge in [0.1, 0.15) is 0 Å². The molecule has 1 rings (SSSR count). The van der Waals surface area contributed by atoms with Gasteiger partial charge >= 0.3 is 6.03 Å². The summed E-state index contributed by atoms with van der Waals surface area (Å²) in [4.78, 5) is 24.3. The zero-order chi connectivity index (χ0) is 13.5. The van der Waals surface area contributed by atoms with Crippen LogP contribution < -0.4 is 10.6 Å². The van der Waals surface area contributed by atoms with Crippen LogP contribution in [-0.2, 0) is 0 Å². The van der Waals surface area contributed by atoms with Gasteiger partial charge in [0.2, 0.25) is 0 Å². The molecule has 0 fully saturated rings. The van der Waals surface area contributed by atoms with E-state index < -0.39 is 0 Å². The van der Waals surface area contributed by atoms with E-state index in [4.69, 9.17) is 11.6 Å². The lowest BCUT2D eigenvalue weighted by Crippen LogP contribution is -2.39. The standard InChI is InChI=1S/C12H16ClN3O2/c1-16(2)12(18)15-8-7-14-11(17)9-5-3-4-6-10(9)13/h3-6H,7-8H2,1-2H3,(H,14,17)(H,15,18). The second-order valence-corrected chi connectivity index (χ2v) is 4.27. The predicted molar refractivity (Wildman–Crippen MR) is 70.9 cm³/mol. The molecule has 0 aliphatic carbocycles. The molecule has 0 aliphatic rings. The predicted octanol–water partition coefficient (Wildman–Crippen LogP) is 1.34. The Balaban J connectivity index is 2.35. The summed E-state index contributed by atoms with van der Waals surface area (Å²) >= 11 is 5.89. The van der Waals surface area contributed by atoms with E-state index in [0.717, 1.165) is 0 Å². The smallest absolute Gasteiger partial charge is 0.316 e. The summed E-state index contributed by atoms with van der Waals surface area (Å²) in [5.41, 5.74) is 0.429. The van der Waals surface area contributed by atoms with Gasteiger partial charge in [-0.3, -0.25) is 4.79 Å². The van der Waals surface area contributed by atoms with Gasteiger partial charge in [-0.15, -0.1) is 0 Å². The number of urea groups is 1. The van der Waals surface area contributed by atoms with E-state index >= 15 is 0 Å². The van der Waals surface area contributed by atoms with Crippen molar-refractivity contribution in [2.75, 3.05) is 27.2 Å². The average molecular weight is 270 g/mol. The van der Waals surface area contributed by atoms with Crippen LogP contribution in [0.15, 0.2) is 24.3 Å². The SMILES string of the molecule is CN(C)C(=O)NCCNC(=O)c1ccccc1Cl. The summed E-state index contributed by atoms with van der Waals surface area (Å²) in [5.74, 6) is -0.250. The quantitative estimate of drug-likeness (QED) is 0.811. The highest BCUT2D eigenvalue weighted by molar-refractivity contribution is 6.33. The third-order valence-electron chi connectivity index (χ3n) is 2.21. The molecule has 0 radical (unpaired) electrons. The Morgan fingerprint density at radius 3 is 2.39 bits per heavy atom. The molecule has 0 unspecified atom stereocenters. The molecule has 0 heterocycles. The van der Waals surface area contributed by atoms with Crippen LogP contribution in [0.5, 0.6) is 0 Å². The summed E-state index contributed by atoms with van der Waals surface area (Å²) in [6.45, 7) is 0.719. The van der Waals surface area contributed by atoms with Gasteiger partial charge in [-0.1, -0.05) is 23.7 Å². The fourth-order valence-electron chi connectivity index (χ4n) is 1.24. The zero-order valence-corrected chi connectivity index (χ0v) is 11.1. The maximum atomic E-state index is 11.7. The summed E-state index contributed by atoms with van der Waals surface area (Å²) in [6.07, 6.45) is 0. The number of carbonyl (C=O) groups excluding carboxylic acids is 2. The van der Waals surface area contributed by atoms with Crippen molar-refractivity contribution in [1.82, 2.24) is 15.5 Å². The van der Waals surface area contributed by atoms with Crippen LogP contribution in [0.1, 0.15) is 10.4 Å². The lowest BCUT2D eigenvalue weighted by atomic mass is 10.2. The monoisotopic (exact) mass is 269 g/mol. The van der Waals surface area contributed by atoms with E-state index in [-0.39, 0.29) is 11.9 Å². The number of hydrogen-bond donors (Lipinski definition) is 2. The highest BCUT2D eigenvalue weighted by Crippen LogP contribution is 2.14. The van der Waals surface area contributed by atoms with Crippen LogP contribution in [0.4, 0.5) is 4.79 Å². The molecule has 0 saturated heterocycles. The summed E-state index contributed by atoms with van der Waals surface area (Å²) in [7, 11) is 3.30. The maximum absolute atomic E-state index is 11.7. The van der Waals surface area contributed by atoms with E-state index in [0.29, 0.717) is 23.7 Å². The minimum Gasteiger partial charge on any atom is -0.350 e. The van der Waals surface area contributed by atoms with Gasteiger partial charge < -0.3 is 15.5 Å². The molecule has 0 aromatic heterocycles. The van der Waals surface area contributed by atoms with Crippen LogP contribution >= 0.6 is 11.6 Å². The van der Waals surface area contributed by atoms with Crippen molar-refractivity contribution in [3.63, 3.8) is 0 Å². The first-order chi connectivity index (χ1) is 8.52. The fraction of sp³-hybridized carbons (Fsp3) is 0.333. The zero-order valence-electron chi connectivity index (χ0n) is 10.4. The van der Waals surface area contributed by atoms with Crippen molar-refractivity contribution in [3.05, 3.63) is 34.9 Å². The van der Waals surface area contributed by atoms with Gasteiger partial charge in [0.05, 0.1) is 10.6 Å². The summed E-state index contributed by atoms with van der Waals surface area (Å²) in [5, 5.41) is 5.73. The third-order valence-corrected chi connectivity index (χ3v) is 2.54. The molecule has 0 spiro atoms. The topological polar surface area (TPSA) is 61.4 Å². The minimum atomic E-state index is -0.250. The molecular formula is C12H16ClN3O2. The molecule has 98 valence electrons. The molecule has 0 saturated carbocycles. The van der Waals surface area contributed by atoms with Gasteiger partial charge in [-0.05, 0) is 12.1 Å².